The van der Waals surface area contributed by atoms with Gasteiger partial charge in [-0.05, 0) is 56.5 Å². The summed E-state index contributed by atoms with van der Waals surface area (Å²) < 4.78 is 43.0. The summed E-state index contributed by atoms with van der Waals surface area (Å²) in [6.45, 7) is 9.16. The topological polar surface area (TPSA) is 60.9 Å². The van der Waals surface area contributed by atoms with E-state index in [0.717, 1.165) is 30.1 Å². The molecule has 6 nitrogen and oxygen atoms in total. The molecule has 1 aromatic carbocycles. The summed E-state index contributed by atoms with van der Waals surface area (Å²) in [5, 5.41) is 0. The predicted octanol–water partition coefficient (Wildman–Crippen LogP) is 5.61. The highest BCUT2D eigenvalue weighted by Gasteiger charge is 2.57. The van der Waals surface area contributed by atoms with E-state index in [0.29, 0.717) is 18.7 Å². The number of rotatable bonds is 9. The van der Waals surface area contributed by atoms with Crippen molar-refractivity contribution in [1.29, 1.82) is 0 Å². The highest BCUT2D eigenvalue weighted by molar-refractivity contribution is 5.71. The van der Waals surface area contributed by atoms with Gasteiger partial charge in [-0.1, -0.05) is 19.1 Å². The van der Waals surface area contributed by atoms with Crippen LogP contribution in [0.4, 0.5) is 14.6 Å². The van der Waals surface area contributed by atoms with E-state index >= 15 is 0 Å². The van der Waals surface area contributed by atoms with Crippen LogP contribution in [0.3, 0.4) is 0 Å². The number of carbonyl (C=O) groups excluding carboxylic acids is 1. The summed E-state index contributed by atoms with van der Waals surface area (Å²) in [6, 6.07) is 11.5. The molecule has 3 atom stereocenters. The Kier molecular flexibility index (Phi) is 7.20. The average Bonchev–Trinajstić information content (AvgIpc) is 3.15. The molecule has 190 valence electrons. The SMILES string of the molecule is C[C@H](CC(=O)OC(C)(C)C)c1ccc(O[C@@H]2CCN(c3ccc(OC[C@H]4CC4(F)F)cn3)C2)cc1. The van der Waals surface area contributed by atoms with E-state index in [9.17, 15) is 13.6 Å². The van der Waals surface area contributed by atoms with Gasteiger partial charge < -0.3 is 19.1 Å². The molecule has 0 bridgehead atoms. The number of ether oxygens (including phenoxy) is 3. The van der Waals surface area contributed by atoms with Crippen molar-refractivity contribution in [3.8, 4) is 11.5 Å². The van der Waals surface area contributed by atoms with Crippen molar-refractivity contribution in [3.63, 3.8) is 0 Å². The van der Waals surface area contributed by atoms with Crippen LogP contribution in [0.15, 0.2) is 42.6 Å². The molecule has 2 aromatic rings. The molecule has 2 fully saturated rings. The van der Waals surface area contributed by atoms with Gasteiger partial charge in [0.05, 0.1) is 31.7 Å². The smallest absolute Gasteiger partial charge is 0.306 e. The monoisotopic (exact) mass is 488 g/mol. The van der Waals surface area contributed by atoms with Crippen LogP contribution in [0.1, 0.15) is 58.4 Å². The van der Waals surface area contributed by atoms with Crippen molar-refractivity contribution in [3.05, 3.63) is 48.2 Å². The minimum atomic E-state index is -2.57. The second kappa shape index (κ2) is 9.99. The molecule has 1 aliphatic heterocycles. The summed E-state index contributed by atoms with van der Waals surface area (Å²) in [6.07, 6.45) is 2.73. The zero-order chi connectivity index (χ0) is 25.2. The average molecular weight is 489 g/mol. The lowest BCUT2D eigenvalue weighted by Gasteiger charge is -2.21. The van der Waals surface area contributed by atoms with Gasteiger partial charge in [0.2, 0.25) is 0 Å². The van der Waals surface area contributed by atoms with E-state index in [1.807, 2.05) is 58.0 Å². The van der Waals surface area contributed by atoms with Crippen LogP contribution in [0.25, 0.3) is 0 Å². The first-order valence-electron chi connectivity index (χ1n) is 12.2. The van der Waals surface area contributed by atoms with Crippen LogP contribution in [0.2, 0.25) is 0 Å². The minimum Gasteiger partial charge on any atom is -0.491 e. The Hall–Kier alpha value is -2.90. The van der Waals surface area contributed by atoms with Crippen LogP contribution >= 0.6 is 0 Å². The first kappa shape index (κ1) is 25.2. The number of esters is 1. The van der Waals surface area contributed by atoms with E-state index < -0.39 is 17.4 Å². The molecule has 1 saturated carbocycles. The normalized spacial score (nSPS) is 21.9. The molecule has 2 heterocycles. The van der Waals surface area contributed by atoms with E-state index in [4.69, 9.17) is 14.2 Å². The van der Waals surface area contributed by atoms with Crippen molar-refractivity contribution >= 4 is 11.8 Å². The second-order valence-corrected chi connectivity index (χ2v) is 10.6. The van der Waals surface area contributed by atoms with Crippen molar-refractivity contribution < 1.29 is 27.8 Å². The molecular formula is C27H34F2N2O4. The summed E-state index contributed by atoms with van der Waals surface area (Å²) in [5.41, 5.74) is 0.582. The van der Waals surface area contributed by atoms with Gasteiger partial charge in [0.15, 0.2) is 0 Å². The zero-order valence-corrected chi connectivity index (χ0v) is 20.8. The lowest BCUT2D eigenvalue weighted by Crippen LogP contribution is -2.25. The van der Waals surface area contributed by atoms with Crippen molar-refractivity contribution in [2.24, 2.45) is 5.92 Å². The van der Waals surface area contributed by atoms with Gasteiger partial charge in [0.25, 0.3) is 5.92 Å². The second-order valence-electron chi connectivity index (χ2n) is 10.6. The molecule has 8 heteroatoms. The number of benzene rings is 1. The van der Waals surface area contributed by atoms with E-state index in [1.165, 1.54) is 0 Å². The van der Waals surface area contributed by atoms with Crippen LogP contribution in [-0.4, -0.2) is 48.3 Å². The van der Waals surface area contributed by atoms with E-state index in [2.05, 4.69) is 9.88 Å². The van der Waals surface area contributed by atoms with E-state index in [-0.39, 0.29) is 31.0 Å². The molecule has 0 unspecified atom stereocenters. The van der Waals surface area contributed by atoms with Crippen LogP contribution in [0.5, 0.6) is 11.5 Å². The van der Waals surface area contributed by atoms with Crippen molar-refractivity contribution in [1.82, 2.24) is 4.98 Å². The lowest BCUT2D eigenvalue weighted by molar-refractivity contribution is -0.155. The fraction of sp³-hybridized carbons (Fsp3) is 0.556. The maximum atomic E-state index is 13.0. The van der Waals surface area contributed by atoms with Gasteiger partial charge in [0.1, 0.15) is 29.0 Å². The molecule has 0 amide bonds. The lowest BCUT2D eigenvalue weighted by atomic mass is 9.98. The zero-order valence-electron chi connectivity index (χ0n) is 20.8. The third kappa shape index (κ3) is 7.05. The third-order valence-corrected chi connectivity index (χ3v) is 6.24. The number of aromatic nitrogens is 1. The molecule has 0 N–H and O–H groups in total. The Morgan fingerprint density at radius 1 is 1.17 bits per heavy atom. The maximum absolute atomic E-state index is 13.0. The summed E-state index contributed by atoms with van der Waals surface area (Å²) in [5.74, 6) is -1.29. The first-order chi connectivity index (χ1) is 16.5. The predicted molar refractivity (Wildman–Crippen MR) is 129 cm³/mol. The number of nitrogens with zero attached hydrogens (tertiary/aromatic N) is 2. The number of halogens is 2. The molecule has 0 spiro atoms. The van der Waals surface area contributed by atoms with Gasteiger partial charge >= 0.3 is 5.97 Å². The van der Waals surface area contributed by atoms with Gasteiger partial charge in [-0.3, -0.25) is 4.79 Å². The molecule has 1 aliphatic carbocycles. The Balaban J connectivity index is 1.23. The fourth-order valence-corrected chi connectivity index (χ4v) is 4.14. The largest absolute Gasteiger partial charge is 0.491 e. The van der Waals surface area contributed by atoms with Crippen LogP contribution in [0, 0.1) is 5.92 Å². The molecular weight excluding hydrogens is 454 g/mol. The number of anilines is 1. The molecule has 0 radical (unpaired) electrons. The first-order valence-corrected chi connectivity index (χ1v) is 12.2. The number of pyridine rings is 1. The number of hydrogen-bond acceptors (Lipinski definition) is 6. The van der Waals surface area contributed by atoms with Gasteiger partial charge in [-0.15, -0.1) is 0 Å². The molecule has 4 rings (SSSR count). The van der Waals surface area contributed by atoms with Crippen LogP contribution in [-0.2, 0) is 9.53 Å². The summed E-state index contributed by atoms with van der Waals surface area (Å²) >= 11 is 0. The fourth-order valence-electron chi connectivity index (χ4n) is 4.14. The van der Waals surface area contributed by atoms with Crippen LogP contribution < -0.4 is 14.4 Å². The Bertz CT molecular complexity index is 1010. The molecule has 2 aliphatic rings. The number of hydrogen-bond donors (Lipinski definition) is 0. The summed E-state index contributed by atoms with van der Waals surface area (Å²) in [7, 11) is 0. The van der Waals surface area contributed by atoms with Gasteiger partial charge in [0, 0.05) is 19.4 Å². The molecule has 1 saturated heterocycles. The quantitative estimate of drug-likeness (QED) is 0.428. The minimum absolute atomic E-state index is 0.0201. The maximum Gasteiger partial charge on any atom is 0.306 e. The number of alkyl halides is 2. The molecule has 1 aromatic heterocycles. The van der Waals surface area contributed by atoms with E-state index in [1.54, 1.807) is 12.3 Å². The van der Waals surface area contributed by atoms with Gasteiger partial charge in [-0.2, -0.15) is 0 Å². The van der Waals surface area contributed by atoms with Crippen molar-refractivity contribution in [2.75, 3.05) is 24.6 Å². The molecule has 35 heavy (non-hydrogen) atoms. The Labute approximate surface area is 205 Å². The highest BCUT2D eigenvalue weighted by Crippen LogP contribution is 2.48. The van der Waals surface area contributed by atoms with Crippen molar-refractivity contribution in [2.45, 2.75) is 70.5 Å². The number of carbonyl (C=O) groups is 1. The Morgan fingerprint density at radius 3 is 2.46 bits per heavy atom. The van der Waals surface area contributed by atoms with Gasteiger partial charge in [-0.25, -0.2) is 13.8 Å². The summed E-state index contributed by atoms with van der Waals surface area (Å²) in [4.78, 5) is 18.7. The standard InChI is InChI=1S/C27H34F2N2O4/c1-18(13-25(32)35-26(2,3)4)19-5-7-21(8-6-19)34-23-11-12-31(16-23)24-10-9-22(15-30-24)33-17-20-14-27(20,28)29/h5-10,15,18,20,23H,11-14,16-17H2,1-4H3/t18-,20-,23-/m1/s1. The Morgan fingerprint density at radius 2 is 1.86 bits per heavy atom. The highest BCUT2D eigenvalue weighted by atomic mass is 19.3. The third-order valence-electron chi connectivity index (χ3n) is 6.24.